The van der Waals surface area contributed by atoms with Gasteiger partial charge in [-0.15, -0.1) is 0 Å². The fourth-order valence-corrected chi connectivity index (χ4v) is 2.73. The quantitative estimate of drug-likeness (QED) is 0.627. The zero-order chi connectivity index (χ0) is 17.8. The van der Waals surface area contributed by atoms with E-state index in [4.69, 9.17) is 10.00 Å². The van der Waals surface area contributed by atoms with Crippen molar-refractivity contribution in [1.82, 2.24) is 14.9 Å². The summed E-state index contributed by atoms with van der Waals surface area (Å²) in [5.41, 5.74) is 0.576. The Morgan fingerprint density at radius 3 is 3.04 bits per heavy atom. The van der Waals surface area contributed by atoms with Crippen LogP contribution in [-0.2, 0) is 22.5 Å². The number of esters is 1. The number of ether oxygens (including phenoxy) is 1. The summed E-state index contributed by atoms with van der Waals surface area (Å²) in [5, 5.41) is 11.3. The number of nitrogens with one attached hydrogen (secondary N) is 1. The fraction of sp³-hybridized carbons (Fsp3) is 0.353. The van der Waals surface area contributed by atoms with E-state index in [1.807, 2.05) is 6.07 Å². The number of fused-ring (bicyclic) bond motifs is 2. The highest BCUT2D eigenvalue weighted by Gasteiger charge is 2.17. The van der Waals surface area contributed by atoms with Gasteiger partial charge in [-0.3, -0.25) is 14.2 Å². The maximum Gasteiger partial charge on any atom is 0.338 e. The van der Waals surface area contributed by atoms with Gasteiger partial charge in [0.15, 0.2) is 6.61 Å². The summed E-state index contributed by atoms with van der Waals surface area (Å²) in [5.74, 6) is -0.418. The van der Waals surface area contributed by atoms with Crippen LogP contribution >= 0.6 is 0 Å². The van der Waals surface area contributed by atoms with E-state index < -0.39 is 18.5 Å². The number of aromatic nitrogens is 2. The summed E-state index contributed by atoms with van der Waals surface area (Å²) >= 11 is 0. The van der Waals surface area contributed by atoms with Crippen molar-refractivity contribution in [1.29, 1.82) is 5.26 Å². The lowest BCUT2D eigenvalue weighted by molar-refractivity contribution is -0.124. The van der Waals surface area contributed by atoms with Crippen molar-refractivity contribution < 1.29 is 14.3 Å². The van der Waals surface area contributed by atoms with Gasteiger partial charge in [-0.25, -0.2) is 9.78 Å². The Kier molecular flexibility index (Phi) is 4.75. The number of carbonyl (C=O) groups excluding carboxylic acids is 2. The molecule has 3 rings (SSSR count). The van der Waals surface area contributed by atoms with Crippen molar-refractivity contribution in [2.75, 3.05) is 13.2 Å². The molecule has 1 aliphatic heterocycles. The molecular formula is C17H16N4O4. The summed E-state index contributed by atoms with van der Waals surface area (Å²) < 4.78 is 6.61. The van der Waals surface area contributed by atoms with Crippen molar-refractivity contribution in [3.8, 4) is 6.07 Å². The normalized spacial score (nSPS) is 12.4. The Morgan fingerprint density at radius 2 is 2.24 bits per heavy atom. The van der Waals surface area contributed by atoms with Crippen LogP contribution in [0.15, 0.2) is 23.0 Å². The molecule has 0 saturated carbocycles. The van der Waals surface area contributed by atoms with Crippen LogP contribution in [0.2, 0.25) is 0 Å². The molecule has 0 atom stereocenters. The van der Waals surface area contributed by atoms with Gasteiger partial charge < -0.3 is 10.1 Å². The third-order valence-corrected chi connectivity index (χ3v) is 3.95. The van der Waals surface area contributed by atoms with Gasteiger partial charge in [0.25, 0.3) is 11.5 Å². The fourth-order valence-electron chi connectivity index (χ4n) is 2.73. The summed E-state index contributed by atoms with van der Waals surface area (Å²) in [6.07, 6.45) is 1.81. The van der Waals surface area contributed by atoms with E-state index in [2.05, 4.69) is 10.3 Å². The van der Waals surface area contributed by atoms with E-state index in [9.17, 15) is 14.4 Å². The smallest absolute Gasteiger partial charge is 0.338 e. The zero-order valence-electron chi connectivity index (χ0n) is 13.4. The van der Waals surface area contributed by atoms with Crippen molar-refractivity contribution in [2.24, 2.45) is 0 Å². The van der Waals surface area contributed by atoms with E-state index in [1.54, 1.807) is 10.6 Å². The van der Waals surface area contributed by atoms with Gasteiger partial charge in [0.05, 0.1) is 29.0 Å². The molecule has 0 unspecified atom stereocenters. The number of hydrogen-bond donors (Lipinski definition) is 1. The summed E-state index contributed by atoms with van der Waals surface area (Å²) in [6, 6.07) is 6.45. The summed E-state index contributed by atoms with van der Waals surface area (Å²) in [4.78, 5) is 40.4. The van der Waals surface area contributed by atoms with Crippen LogP contribution in [0.25, 0.3) is 10.9 Å². The second-order valence-corrected chi connectivity index (χ2v) is 5.65. The van der Waals surface area contributed by atoms with E-state index in [0.29, 0.717) is 17.4 Å². The zero-order valence-corrected chi connectivity index (χ0v) is 13.4. The first-order valence-electron chi connectivity index (χ1n) is 7.94. The highest BCUT2D eigenvalue weighted by molar-refractivity contribution is 5.95. The maximum atomic E-state index is 12.4. The van der Waals surface area contributed by atoms with E-state index in [1.165, 1.54) is 12.1 Å². The first kappa shape index (κ1) is 16.6. The summed E-state index contributed by atoms with van der Waals surface area (Å²) in [7, 11) is 0. The Balaban J connectivity index is 1.72. The highest BCUT2D eigenvalue weighted by atomic mass is 16.5. The van der Waals surface area contributed by atoms with Crippen LogP contribution in [0.3, 0.4) is 0 Å². The second-order valence-electron chi connectivity index (χ2n) is 5.65. The summed E-state index contributed by atoms with van der Waals surface area (Å²) in [6.45, 7) is 0.451. The topological polar surface area (TPSA) is 114 Å². The van der Waals surface area contributed by atoms with Crippen molar-refractivity contribution in [3.05, 3.63) is 39.9 Å². The number of amides is 1. The van der Waals surface area contributed by atoms with Gasteiger partial charge >= 0.3 is 5.97 Å². The van der Waals surface area contributed by atoms with Gasteiger partial charge in [0, 0.05) is 19.5 Å². The third-order valence-electron chi connectivity index (χ3n) is 3.95. The van der Waals surface area contributed by atoms with Crippen LogP contribution in [0.5, 0.6) is 0 Å². The van der Waals surface area contributed by atoms with Gasteiger partial charge in [-0.1, -0.05) is 0 Å². The Bertz CT molecular complexity index is 942. The predicted molar refractivity (Wildman–Crippen MR) is 87.8 cm³/mol. The van der Waals surface area contributed by atoms with Crippen LogP contribution in [0, 0.1) is 11.3 Å². The van der Waals surface area contributed by atoms with Crippen molar-refractivity contribution in [2.45, 2.75) is 25.8 Å². The minimum Gasteiger partial charge on any atom is -0.452 e. The minimum atomic E-state index is -0.667. The lowest BCUT2D eigenvalue weighted by Crippen LogP contribution is -2.29. The molecule has 1 aliphatic rings. The van der Waals surface area contributed by atoms with E-state index in [-0.39, 0.29) is 24.1 Å². The number of carbonyl (C=O) groups is 2. The van der Waals surface area contributed by atoms with Crippen molar-refractivity contribution in [3.63, 3.8) is 0 Å². The molecule has 1 N–H and O–H groups in total. The molecule has 2 aromatic rings. The molecule has 0 spiro atoms. The Hall–Kier alpha value is -3.21. The van der Waals surface area contributed by atoms with E-state index >= 15 is 0 Å². The molecule has 0 aliphatic carbocycles. The Morgan fingerprint density at radius 1 is 1.40 bits per heavy atom. The number of benzene rings is 1. The largest absolute Gasteiger partial charge is 0.452 e. The first-order chi connectivity index (χ1) is 12.1. The van der Waals surface area contributed by atoms with Crippen LogP contribution in [0.4, 0.5) is 0 Å². The van der Waals surface area contributed by atoms with Crippen LogP contribution in [0.1, 0.15) is 29.0 Å². The molecule has 128 valence electrons. The molecule has 1 aromatic heterocycles. The molecule has 1 aromatic carbocycles. The van der Waals surface area contributed by atoms with E-state index in [0.717, 1.165) is 18.7 Å². The monoisotopic (exact) mass is 340 g/mol. The van der Waals surface area contributed by atoms with Crippen LogP contribution in [-0.4, -0.2) is 34.6 Å². The molecular weight excluding hydrogens is 324 g/mol. The lowest BCUT2D eigenvalue weighted by atomic mass is 10.1. The molecule has 1 amide bonds. The van der Waals surface area contributed by atoms with Gasteiger partial charge in [-0.05, 0) is 24.6 Å². The predicted octanol–water partition coefficient (Wildman–Crippen LogP) is 0.529. The van der Waals surface area contributed by atoms with Gasteiger partial charge in [-0.2, -0.15) is 5.26 Å². The number of nitriles is 1. The van der Waals surface area contributed by atoms with Crippen molar-refractivity contribution >= 4 is 22.8 Å². The molecule has 25 heavy (non-hydrogen) atoms. The number of nitrogens with zero attached hydrogens (tertiary/aromatic N) is 3. The number of rotatable bonds is 5. The molecule has 2 heterocycles. The SMILES string of the molecule is N#CCCNC(=O)COC(=O)c1ccc2c(=O)n3c(nc2c1)CCC3. The maximum absolute atomic E-state index is 12.4. The van der Waals surface area contributed by atoms with Crippen LogP contribution < -0.4 is 10.9 Å². The first-order valence-corrected chi connectivity index (χ1v) is 7.94. The minimum absolute atomic E-state index is 0.103. The second kappa shape index (κ2) is 7.13. The standard InChI is InChI=1S/C17H16N4O4/c18-6-2-7-19-15(22)10-25-17(24)11-4-5-12-13(9-11)20-14-3-1-8-21(14)16(12)23/h4-5,9H,1-3,7-8,10H2,(H,19,22). The average molecular weight is 340 g/mol. The Labute approximate surface area is 143 Å². The number of hydrogen-bond acceptors (Lipinski definition) is 6. The molecule has 0 radical (unpaired) electrons. The number of aryl methyl sites for hydroxylation is 1. The van der Waals surface area contributed by atoms with Gasteiger partial charge in [0.2, 0.25) is 0 Å². The molecule has 8 heteroatoms. The lowest BCUT2D eigenvalue weighted by Gasteiger charge is -2.07. The molecule has 0 fully saturated rings. The molecule has 8 nitrogen and oxygen atoms in total. The highest BCUT2D eigenvalue weighted by Crippen LogP contribution is 2.16. The van der Waals surface area contributed by atoms with Gasteiger partial charge in [0.1, 0.15) is 5.82 Å². The third kappa shape index (κ3) is 3.50. The molecule has 0 bridgehead atoms. The average Bonchev–Trinajstić information content (AvgIpc) is 3.08. The molecule has 0 saturated heterocycles.